The number of carbonyl (C=O) groups is 1. The Kier molecular flexibility index (Phi) is 4.69. The van der Waals surface area contributed by atoms with Gasteiger partial charge < -0.3 is 0 Å². The standard InChI is InChI=1S/C18H14N2O3S2/c1-11-7-8-14(9-12(11)2)19-17(21)16(25-18(19)24)10-13-5-3-4-6-15(13)20(22)23/h3-10H,1-2H3/b16-10+. The van der Waals surface area contributed by atoms with Crippen molar-refractivity contribution in [3.63, 3.8) is 0 Å². The van der Waals surface area contributed by atoms with Gasteiger partial charge in [-0.1, -0.05) is 42.2 Å². The molecule has 1 aliphatic heterocycles. The van der Waals surface area contributed by atoms with Gasteiger partial charge in [0.05, 0.1) is 21.1 Å². The van der Waals surface area contributed by atoms with Crippen molar-refractivity contribution in [3.05, 3.63) is 74.2 Å². The lowest BCUT2D eigenvalue weighted by atomic mass is 10.1. The van der Waals surface area contributed by atoms with Crippen LogP contribution < -0.4 is 4.90 Å². The summed E-state index contributed by atoms with van der Waals surface area (Å²) in [4.78, 5) is 25.3. The van der Waals surface area contributed by atoms with Gasteiger partial charge in [0.1, 0.15) is 0 Å². The highest BCUT2D eigenvalue weighted by Crippen LogP contribution is 2.37. The Labute approximate surface area is 154 Å². The van der Waals surface area contributed by atoms with Crippen molar-refractivity contribution in [2.45, 2.75) is 13.8 Å². The Hall–Kier alpha value is -2.51. The van der Waals surface area contributed by atoms with Crippen LogP contribution in [0.3, 0.4) is 0 Å². The number of aryl methyl sites for hydroxylation is 2. The van der Waals surface area contributed by atoms with Crippen molar-refractivity contribution < 1.29 is 9.72 Å². The molecular formula is C18H14N2O3S2. The maximum atomic E-state index is 12.8. The first-order chi connectivity index (χ1) is 11.9. The van der Waals surface area contributed by atoms with Crippen LogP contribution >= 0.6 is 24.0 Å². The number of nitro benzene ring substituents is 1. The molecule has 0 aromatic heterocycles. The number of anilines is 1. The number of para-hydroxylation sites is 1. The number of nitrogens with zero attached hydrogens (tertiary/aromatic N) is 2. The van der Waals surface area contributed by atoms with Crippen molar-refractivity contribution >= 4 is 51.7 Å². The number of thioether (sulfide) groups is 1. The van der Waals surface area contributed by atoms with Gasteiger partial charge in [-0.15, -0.1) is 0 Å². The minimum atomic E-state index is -0.462. The van der Waals surface area contributed by atoms with E-state index in [1.165, 1.54) is 17.0 Å². The first-order valence-electron chi connectivity index (χ1n) is 7.47. The predicted molar refractivity (Wildman–Crippen MR) is 105 cm³/mol. The SMILES string of the molecule is Cc1ccc(N2C(=O)/C(=C\c3ccccc3[N+](=O)[O-])SC2=S)cc1C. The highest BCUT2D eigenvalue weighted by Gasteiger charge is 2.33. The van der Waals surface area contributed by atoms with E-state index in [2.05, 4.69) is 0 Å². The largest absolute Gasteiger partial charge is 0.276 e. The lowest BCUT2D eigenvalue weighted by Gasteiger charge is -2.15. The number of carbonyl (C=O) groups excluding carboxylic acids is 1. The molecule has 0 saturated carbocycles. The molecule has 7 heteroatoms. The molecule has 1 fully saturated rings. The molecule has 0 spiro atoms. The number of thiocarbonyl (C=S) groups is 1. The Bertz CT molecular complexity index is 938. The van der Waals surface area contributed by atoms with E-state index in [4.69, 9.17) is 12.2 Å². The number of nitro groups is 1. The lowest BCUT2D eigenvalue weighted by Crippen LogP contribution is -2.27. The highest BCUT2D eigenvalue weighted by molar-refractivity contribution is 8.27. The van der Waals surface area contributed by atoms with E-state index < -0.39 is 4.92 Å². The Morgan fingerprint density at radius 1 is 1.16 bits per heavy atom. The van der Waals surface area contributed by atoms with E-state index in [0.717, 1.165) is 22.9 Å². The molecular weight excluding hydrogens is 356 g/mol. The third-order valence-corrected chi connectivity index (χ3v) is 5.26. The van der Waals surface area contributed by atoms with Crippen molar-refractivity contribution in [2.75, 3.05) is 4.90 Å². The number of amides is 1. The van der Waals surface area contributed by atoms with Gasteiger partial charge in [-0.3, -0.25) is 19.8 Å². The van der Waals surface area contributed by atoms with Gasteiger partial charge in [-0.05, 0) is 49.2 Å². The van der Waals surface area contributed by atoms with Crippen LogP contribution in [0.4, 0.5) is 11.4 Å². The molecule has 0 unspecified atom stereocenters. The summed E-state index contributed by atoms with van der Waals surface area (Å²) in [5.41, 5.74) is 3.24. The molecule has 126 valence electrons. The van der Waals surface area contributed by atoms with Gasteiger partial charge in [-0.25, -0.2) is 0 Å². The normalized spacial score (nSPS) is 15.9. The summed E-state index contributed by atoms with van der Waals surface area (Å²) in [7, 11) is 0. The quantitative estimate of drug-likeness (QED) is 0.341. The number of hydrogen-bond acceptors (Lipinski definition) is 5. The molecule has 25 heavy (non-hydrogen) atoms. The predicted octanol–water partition coefficient (Wildman–Crippen LogP) is 4.62. The average Bonchev–Trinajstić information content (AvgIpc) is 2.84. The van der Waals surface area contributed by atoms with Crippen LogP contribution in [-0.4, -0.2) is 15.2 Å². The fourth-order valence-corrected chi connectivity index (χ4v) is 3.76. The number of hydrogen-bond donors (Lipinski definition) is 0. The average molecular weight is 370 g/mol. The van der Waals surface area contributed by atoms with Crippen LogP contribution in [0.2, 0.25) is 0 Å². The van der Waals surface area contributed by atoms with E-state index in [9.17, 15) is 14.9 Å². The minimum absolute atomic E-state index is 0.0426. The summed E-state index contributed by atoms with van der Waals surface area (Å²) in [5.74, 6) is -0.267. The van der Waals surface area contributed by atoms with Crippen LogP contribution in [0.15, 0.2) is 47.4 Å². The maximum Gasteiger partial charge on any atom is 0.276 e. The Balaban J connectivity index is 1.99. The van der Waals surface area contributed by atoms with E-state index in [-0.39, 0.29) is 11.6 Å². The van der Waals surface area contributed by atoms with Gasteiger partial charge in [0.2, 0.25) is 0 Å². The third-order valence-electron chi connectivity index (χ3n) is 3.96. The molecule has 0 N–H and O–H groups in total. The van der Waals surface area contributed by atoms with E-state index in [0.29, 0.717) is 20.5 Å². The van der Waals surface area contributed by atoms with E-state index in [1.807, 2.05) is 32.0 Å². The minimum Gasteiger partial charge on any atom is -0.268 e. The smallest absolute Gasteiger partial charge is 0.268 e. The third kappa shape index (κ3) is 3.33. The molecule has 2 aromatic carbocycles. The second kappa shape index (κ2) is 6.78. The van der Waals surface area contributed by atoms with Gasteiger partial charge in [0.15, 0.2) is 4.32 Å². The molecule has 0 aliphatic carbocycles. The second-order valence-electron chi connectivity index (χ2n) is 5.60. The Morgan fingerprint density at radius 2 is 1.88 bits per heavy atom. The molecule has 1 aliphatic rings. The lowest BCUT2D eigenvalue weighted by molar-refractivity contribution is -0.385. The van der Waals surface area contributed by atoms with Gasteiger partial charge in [-0.2, -0.15) is 0 Å². The first kappa shape index (κ1) is 17.3. The number of rotatable bonds is 3. The summed E-state index contributed by atoms with van der Waals surface area (Å²) < 4.78 is 0.415. The molecule has 0 bridgehead atoms. The molecule has 5 nitrogen and oxygen atoms in total. The van der Waals surface area contributed by atoms with Gasteiger partial charge in [0, 0.05) is 6.07 Å². The van der Waals surface area contributed by atoms with Crippen molar-refractivity contribution in [2.24, 2.45) is 0 Å². The topological polar surface area (TPSA) is 63.5 Å². The second-order valence-corrected chi connectivity index (χ2v) is 7.28. The zero-order valence-corrected chi connectivity index (χ0v) is 15.2. The molecule has 1 heterocycles. The van der Waals surface area contributed by atoms with Gasteiger partial charge >= 0.3 is 0 Å². The van der Waals surface area contributed by atoms with Crippen molar-refractivity contribution in [3.8, 4) is 0 Å². The van der Waals surface area contributed by atoms with E-state index in [1.54, 1.807) is 18.2 Å². The first-order valence-corrected chi connectivity index (χ1v) is 8.69. The summed E-state index contributed by atoms with van der Waals surface area (Å²) in [6, 6.07) is 12.0. The highest BCUT2D eigenvalue weighted by atomic mass is 32.2. The van der Waals surface area contributed by atoms with Crippen LogP contribution in [-0.2, 0) is 4.79 Å². The van der Waals surface area contributed by atoms with E-state index >= 15 is 0 Å². The van der Waals surface area contributed by atoms with Crippen LogP contribution in [0.25, 0.3) is 6.08 Å². The zero-order valence-electron chi connectivity index (χ0n) is 13.6. The molecule has 1 amide bonds. The zero-order chi connectivity index (χ0) is 18.1. The fourth-order valence-electron chi connectivity index (χ4n) is 2.47. The molecule has 0 radical (unpaired) electrons. The number of benzene rings is 2. The fraction of sp³-hybridized carbons (Fsp3) is 0.111. The summed E-state index contributed by atoms with van der Waals surface area (Å²) in [6.07, 6.45) is 1.53. The summed E-state index contributed by atoms with van der Waals surface area (Å²) in [5, 5.41) is 11.1. The molecule has 1 saturated heterocycles. The van der Waals surface area contributed by atoms with Crippen molar-refractivity contribution in [1.29, 1.82) is 0 Å². The molecule has 0 atom stereocenters. The molecule has 2 aromatic rings. The van der Waals surface area contributed by atoms with Crippen LogP contribution in [0.1, 0.15) is 16.7 Å². The Morgan fingerprint density at radius 3 is 2.56 bits per heavy atom. The summed E-state index contributed by atoms with van der Waals surface area (Å²) in [6.45, 7) is 3.97. The van der Waals surface area contributed by atoms with Crippen molar-refractivity contribution in [1.82, 2.24) is 0 Å². The molecule has 3 rings (SSSR count). The van der Waals surface area contributed by atoms with Gasteiger partial charge in [0.25, 0.3) is 11.6 Å². The monoisotopic (exact) mass is 370 g/mol. The summed E-state index contributed by atoms with van der Waals surface area (Å²) >= 11 is 6.49. The maximum absolute atomic E-state index is 12.8. The van der Waals surface area contributed by atoms with Crippen LogP contribution in [0.5, 0.6) is 0 Å². The van der Waals surface area contributed by atoms with Crippen LogP contribution in [0, 0.1) is 24.0 Å².